The summed E-state index contributed by atoms with van der Waals surface area (Å²) < 4.78 is 7.66. The normalized spacial score (nSPS) is 12.0. The summed E-state index contributed by atoms with van der Waals surface area (Å²) in [4.78, 5) is 16.0. The molecule has 21 heavy (non-hydrogen) atoms. The van der Waals surface area contributed by atoms with Gasteiger partial charge in [-0.1, -0.05) is 12.1 Å². The molecular formula is C16H21N3O2. The van der Waals surface area contributed by atoms with Crippen molar-refractivity contribution in [1.82, 2.24) is 14.9 Å². The number of carbonyl (C=O) groups excluding carboxylic acids is 1. The Labute approximate surface area is 125 Å². The minimum Gasteiger partial charge on any atom is -0.481 e. The lowest BCUT2D eigenvalue weighted by Gasteiger charge is -2.16. The third-order valence-corrected chi connectivity index (χ3v) is 3.25. The van der Waals surface area contributed by atoms with Crippen LogP contribution in [-0.2, 0) is 11.3 Å². The van der Waals surface area contributed by atoms with Crippen LogP contribution in [0.3, 0.4) is 0 Å². The number of aromatic nitrogens is 2. The van der Waals surface area contributed by atoms with E-state index >= 15 is 0 Å². The Balaban J connectivity index is 1.83. The van der Waals surface area contributed by atoms with Crippen LogP contribution >= 0.6 is 0 Å². The van der Waals surface area contributed by atoms with Gasteiger partial charge >= 0.3 is 0 Å². The summed E-state index contributed by atoms with van der Waals surface area (Å²) in [6.07, 6.45) is 4.78. The average Bonchev–Trinajstić information content (AvgIpc) is 2.96. The molecule has 0 radical (unpaired) electrons. The van der Waals surface area contributed by atoms with E-state index in [0.717, 1.165) is 16.9 Å². The highest BCUT2D eigenvalue weighted by Gasteiger charge is 2.15. The summed E-state index contributed by atoms with van der Waals surface area (Å²) in [6.45, 7) is 6.98. The van der Waals surface area contributed by atoms with Crippen molar-refractivity contribution < 1.29 is 9.53 Å². The Kier molecular flexibility index (Phi) is 4.98. The van der Waals surface area contributed by atoms with Gasteiger partial charge in [0.25, 0.3) is 5.91 Å². The summed E-state index contributed by atoms with van der Waals surface area (Å²) in [5, 5.41) is 2.86. The van der Waals surface area contributed by atoms with E-state index in [1.807, 2.05) is 42.8 Å². The van der Waals surface area contributed by atoms with Crippen LogP contribution in [0.1, 0.15) is 18.1 Å². The predicted octanol–water partition coefficient (Wildman–Crippen LogP) is 2.08. The first kappa shape index (κ1) is 15.1. The zero-order chi connectivity index (χ0) is 15.2. The molecule has 0 saturated heterocycles. The molecule has 1 amide bonds. The molecule has 1 aromatic heterocycles. The maximum atomic E-state index is 12.0. The van der Waals surface area contributed by atoms with Gasteiger partial charge in [-0.3, -0.25) is 4.79 Å². The van der Waals surface area contributed by atoms with Gasteiger partial charge < -0.3 is 14.6 Å². The number of amides is 1. The van der Waals surface area contributed by atoms with E-state index in [2.05, 4.69) is 10.3 Å². The minimum absolute atomic E-state index is 0.115. The molecule has 1 atom stereocenters. The average molecular weight is 287 g/mol. The summed E-state index contributed by atoms with van der Waals surface area (Å²) in [7, 11) is 0. The quantitative estimate of drug-likeness (QED) is 0.885. The van der Waals surface area contributed by atoms with Crippen LogP contribution in [0.25, 0.3) is 0 Å². The van der Waals surface area contributed by atoms with Gasteiger partial charge in [0.1, 0.15) is 5.75 Å². The molecular weight excluding hydrogens is 266 g/mol. The maximum absolute atomic E-state index is 12.0. The Bertz CT molecular complexity index is 594. The Morgan fingerprint density at radius 2 is 2.24 bits per heavy atom. The van der Waals surface area contributed by atoms with E-state index in [1.165, 1.54) is 0 Å². The molecule has 2 aromatic rings. The monoisotopic (exact) mass is 287 g/mol. The molecule has 0 spiro atoms. The molecule has 0 saturated carbocycles. The van der Waals surface area contributed by atoms with Crippen LogP contribution in [0.15, 0.2) is 36.9 Å². The van der Waals surface area contributed by atoms with E-state index in [4.69, 9.17) is 4.74 Å². The van der Waals surface area contributed by atoms with E-state index < -0.39 is 6.10 Å². The van der Waals surface area contributed by atoms with Crippen LogP contribution in [0.5, 0.6) is 5.75 Å². The zero-order valence-electron chi connectivity index (χ0n) is 12.7. The molecule has 0 aliphatic carbocycles. The Morgan fingerprint density at radius 1 is 1.43 bits per heavy atom. The predicted molar refractivity (Wildman–Crippen MR) is 81.2 cm³/mol. The molecule has 0 fully saturated rings. The van der Waals surface area contributed by atoms with Crippen molar-refractivity contribution in [3.8, 4) is 5.75 Å². The fraction of sp³-hybridized carbons (Fsp3) is 0.375. The molecule has 1 heterocycles. The van der Waals surface area contributed by atoms with Crippen LogP contribution < -0.4 is 10.1 Å². The topological polar surface area (TPSA) is 56.1 Å². The van der Waals surface area contributed by atoms with E-state index in [0.29, 0.717) is 13.1 Å². The number of aryl methyl sites for hydroxylation is 2. The molecule has 0 bridgehead atoms. The van der Waals surface area contributed by atoms with E-state index in [1.54, 1.807) is 19.4 Å². The molecule has 5 nitrogen and oxygen atoms in total. The van der Waals surface area contributed by atoms with Crippen molar-refractivity contribution in [3.05, 3.63) is 48.0 Å². The second-order valence-corrected chi connectivity index (χ2v) is 5.12. The first-order valence-corrected chi connectivity index (χ1v) is 7.03. The van der Waals surface area contributed by atoms with Crippen molar-refractivity contribution in [2.75, 3.05) is 6.54 Å². The maximum Gasteiger partial charge on any atom is 0.260 e. The lowest BCUT2D eigenvalue weighted by molar-refractivity contribution is -0.127. The van der Waals surface area contributed by atoms with Gasteiger partial charge in [0.05, 0.1) is 6.33 Å². The smallest absolute Gasteiger partial charge is 0.260 e. The summed E-state index contributed by atoms with van der Waals surface area (Å²) in [6, 6.07) is 5.97. The Morgan fingerprint density at radius 3 is 2.95 bits per heavy atom. The van der Waals surface area contributed by atoms with E-state index in [9.17, 15) is 4.79 Å². The van der Waals surface area contributed by atoms with Crippen LogP contribution in [0, 0.1) is 13.8 Å². The van der Waals surface area contributed by atoms with Gasteiger partial charge in [-0.05, 0) is 38.0 Å². The van der Waals surface area contributed by atoms with E-state index in [-0.39, 0.29) is 5.91 Å². The van der Waals surface area contributed by atoms with Crippen molar-refractivity contribution in [2.45, 2.75) is 33.4 Å². The molecule has 1 unspecified atom stereocenters. The fourth-order valence-corrected chi connectivity index (χ4v) is 1.95. The number of benzene rings is 1. The molecule has 0 aliphatic heterocycles. The number of ether oxygens (including phenoxy) is 1. The van der Waals surface area contributed by atoms with Crippen LogP contribution in [0.2, 0.25) is 0 Å². The van der Waals surface area contributed by atoms with Crippen LogP contribution in [0.4, 0.5) is 0 Å². The summed E-state index contributed by atoms with van der Waals surface area (Å²) in [5.41, 5.74) is 2.14. The molecule has 5 heteroatoms. The molecule has 1 aromatic carbocycles. The highest BCUT2D eigenvalue weighted by molar-refractivity contribution is 5.80. The third kappa shape index (κ3) is 4.34. The highest BCUT2D eigenvalue weighted by atomic mass is 16.5. The standard InChI is InChI=1S/C16H21N3O2/c1-12-4-5-13(2)15(10-12)21-14(3)16(20)18-7-9-19-8-6-17-11-19/h4-6,8,10-11,14H,7,9H2,1-3H3,(H,18,20). The van der Waals surface area contributed by atoms with Gasteiger partial charge in [-0.15, -0.1) is 0 Å². The number of hydrogen-bond donors (Lipinski definition) is 1. The number of nitrogens with zero attached hydrogens (tertiary/aromatic N) is 2. The van der Waals surface area contributed by atoms with Gasteiger partial charge in [0, 0.05) is 25.5 Å². The van der Waals surface area contributed by atoms with Gasteiger partial charge in [0.15, 0.2) is 6.10 Å². The highest BCUT2D eigenvalue weighted by Crippen LogP contribution is 2.20. The number of carbonyl (C=O) groups is 1. The third-order valence-electron chi connectivity index (χ3n) is 3.25. The molecule has 112 valence electrons. The number of imidazole rings is 1. The van der Waals surface area contributed by atoms with Gasteiger partial charge in [-0.2, -0.15) is 0 Å². The summed E-state index contributed by atoms with van der Waals surface area (Å²) in [5.74, 6) is 0.642. The second-order valence-electron chi connectivity index (χ2n) is 5.12. The molecule has 2 rings (SSSR count). The first-order chi connectivity index (χ1) is 10.1. The van der Waals surface area contributed by atoms with Crippen LogP contribution in [-0.4, -0.2) is 28.1 Å². The van der Waals surface area contributed by atoms with Crippen molar-refractivity contribution in [3.63, 3.8) is 0 Å². The lowest BCUT2D eigenvalue weighted by atomic mass is 10.1. The number of rotatable bonds is 6. The molecule has 0 aliphatic rings. The largest absolute Gasteiger partial charge is 0.481 e. The molecule has 1 N–H and O–H groups in total. The van der Waals surface area contributed by atoms with Crippen molar-refractivity contribution >= 4 is 5.91 Å². The SMILES string of the molecule is Cc1ccc(C)c(OC(C)C(=O)NCCn2ccnc2)c1. The van der Waals surface area contributed by atoms with Gasteiger partial charge in [0.2, 0.25) is 0 Å². The van der Waals surface area contributed by atoms with Crippen molar-refractivity contribution in [2.24, 2.45) is 0 Å². The first-order valence-electron chi connectivity index (χ1n) is 7.03. The van der Waals surface area contributed by atoms with Crippen molar-refractivity contribution in [1.29, 1.82) is 0 Å². The number of nitrogens with one attached hydrogen (secondary N) is 1. The number of hydrogen-bond acceptors (Lipinski definition) is 3. The van der Waals surface area contributed by atoms with Gasteiger partial charge in [-0.25, -0.2) is 4.98 Å². The lowest BCUT2D eigenvalue weighted by Crippen LogP contribution is -2.38. The second kappa shape index (κ2) is 6.92. The minimum atomic E-state index is -0.520. The Hall–Kier alpha value is -2.30. The zero-order valence-corrected chi connectivity index (χ0v) is 12.7. The summed E-state index contributed by atoms with van der Waals surface area (Å²) >= 11 is 0. The fourth-order valence-electron chi connectivity index (χ4n) is 1.95.